The minimum atomic E-state index is -3.72. The van der Waals surface area contributed by atoms with Crippen LogP contribution in [0.15, 0.2) is 51.8 Å². The van der Waals surface area contributed by atoms with Gasteiger partial charge in [-0.1, -0.05) is 47.5 Å². The summed E-state index contributed by atoms with van der Waals surface area (Å²) < 4.78 is 27.9. The quantitative estimate of drug-likeness (QED) is 0.796. The average Bonchev–Trinajstić information content (AvgIpc) is 2.40. The van der Waals surface area contributed by atoms with Crippen LogP contribution >= 0.6 is 23.2 Å². The van der Waals surface area contributed by atoms with Gasteiger partial charge in [-0.05, 0) is 36.2 Å². The molecule has 2 rings (SSSR count). The molecule has 0 atom stereocenters. The van der Waals surface area contributed by atoms with Gasteiger partial charge < -0.3 is 0 Å². The van der Waals surface area contributed by atoms with Crippen molar-refractivity contribution < 1.29 is 8.42 Å². The monoisotopic (exact) mass is 327 g/mol. The van der Waals surface area contributed by atoms with Crippen molar-refractivity contribution in [1.82, 2.24) is 0 Å². The highest BCUT2D eigenvalue weighted by atomic mass is 35.5. The molecular formula is C14H11Cl2NO2S. The van der Waals surface area contributed by atoms with E-state index in [4.69, 9.17) is 23.2 Å². The van der Waals surface area contributed by atoms with E-state index in [-0.39, 0.29) is 4.90 Å². The van der Waals surface area contributed by atoms with Gasteiger partial charge in [-0.2, -0.15) is 12.8 Å². The van der Waals surface area contributed by atoms with Crippen molar-refractivity contribution in [3.8, 4) is 0 Å². The zero-order chi connectivity index (χ0) is 14.8. The van der Waals surface area contributed by atoms with Crippen molar-refractivity contribution in [2.75, 3.05) is 0 Å². The van der Waals surface area contributed by atoms with Crippen molar-refractivity contribution in [1.29, 1.82) is 0 Å². The number of rotatable bonds is 3. The Morgan fingerprint density at radius 2 is 1.75 bits per heavy atom. The average molecular weight is 328 g/mol. The number of benzene rings is 2. The van der Waals surface area contributed by atoms with Gasteiger partial charge in [0.25, 0.3) is 10.0 Å². The minimum Gasteiger partial charge on any atom is -0.199 e. The number of hydrogen-bond acceptors (Lipinski definition) is 2. The molecule has 0 aromatic heterocycles. The topological polar surface area (TPSA) is 46.5 Å². The van der Waals surface area contributed by atoms with E-state index in [1.54, 1.807) is 43.3 Å². The van der Waals surface area contributed by atoms with Gasteiger partial charge in [0.15, 0.2) is 0 Å². The molecule has 0 saturated carbocycles. The summed E-state index contributed by atoms with van der Waals surface area (Å²) in [5, 5.41) is 0.759. The molecule has 0 aliphatic rings. The molecule has 0 spiro atoms. The Morgan fingerprint density at radius 3 is 2.40 bits per heavy atom. The number of halogens is 2. The van der Waals surface area contributed by atoms with Crippen LogP contribution in [-0.2, 0) is 10.0 Å². The third kappa shape index (κ3) is 3.39. The zero-order valence-electron chi connectivity index (χ0n) is 10.5. The minimum absolute atomic E-state index is 0.191. The van der Waals surface area contributed by atoms with Crippen LogP contribution in [-0.4, -0.2) is 14.6 Å². The van der Waals surface area contributed by atoms with Gasteiger partial charge >= 0.3 is 0 Å². The van der Waals surface area contributed by atoms with E-state index in [0.717, 1.165) is 0 Å². The second-order valence-electron chi connectivity index (χ2n) is 4.15. The van der Waals surface area contributed by atoms with Gasteiger partial charge in [0.2, 0.25) is 0 Å². The zero-order valence-corrected chi connectivity index (χ0v) is 12.9. The van der Waals surface area contributed by atoms with E-state index >= 15 is 0 Å². The second-order valence-corrected chi connectivity index (χ2v) is 6.56. The molecule has 0 aliphatic heterocycles. The Labute approximate surface area is 127 Å². The molecule has 3 nitrogen and oxygen atoms in total. The van der Waals surface area contributed by atoms with Crippen molar-refractivity contribution in [3.63, 3.8) is 0 Å². The van der Waals surface area contributed by atoms with Gasteiger partial charge in [0.05, 0.1) is 14.9 Å². The summed E-state index contributed by atoms with van der Waals surface area (Å²) in [7, 11) is -3.72. The van der Waals surface area contributed by atoms with Crippen LogP contribution in [0.5, 0.6) is 0 Å². The largest absolute Gasteiger partial charge is 0.282 e. The molecule has 104 valence electrons. The summed E-state index contributed by atoms with van der Waals surface area (Å²) in [6.45, 7) is 1.72. The van der Waals surface area contributed by atoms with Crippen LogP contribution in [0, 0.1) is 6.92 Å². The SMILES string of the molecule is Cc1ccccc1S(=O)(=O)N=Cc1ccc(Cl)c(Cl)c1. The van der Waals surface area contributed by atoms with Crippen LogP contribution in [0.3, 0.4) is 0 Å². The van der Waals surface area contributed by atoms with Crippen LogP contribution < -0.4 is 0 Å². The van der Waals surface area contributed by atoms with Gasteiger partial charge in [-0.3, -0.25) is 0 Å². The van der Waals surface area contributed by atoms with Crippen molar-refractivity contribution in [2.24, 2.45) is 4.40 Å². The number of aryl methyl sites for hydroxylation is 1. The lowest BCUT2D eigenvalue weighted by molar-refractivity contribution is 0.597. The maximum Gasteiger partial charge on any atom is 0.282 e. The van der Waals surface area contributed by atoms with Crippen LogP contribution in [0.1, 0.15) is 11.1 Å². The predicted molar refractivity (Wildman–Crippen MR) is 82.4 cm³/mol. The summed E-state index contributed by atoms with van der Waals surface area (Å²) in [6, 6.07) is 11.5. The Kier molecular flexibility index (Phi) is 4.48. The molecule has 0 amide bonds. The van der Waals surface area contributed by atoms with Gasteiger partial charge in [-0.15, -0.1) is 0 Å². The van der Waals surface area contributed by atoms with Gasteiger partial charge in [0.1, 0.15) is 0 Å². The second kappa shape index (κ2) is 5.95. The molecule has 0 N–H and O–H groups in total. The lowest BCUT2D eigenvalue weighted by atomic mass is 10.2. The van der Waals surface area contributed by atoms with E-state index < -0.39 is 10.0 Å². The van der Waals surface area contributed by atoms with Crippen LogP contribution in [0.4, 0.5) is 0 Å². The maximum absolute atomic E-state index is 12.1. The molecule has 2 aromatic carbocycles. The molecule has 0 radical (unpaired) electrons. The lowest BCUT2D eigenvalue weighted by Crippen LogP contribution is -2.00. The van der Waals surface area contributed by atoms with E-state index in [2.05, 4.69) is 4.40 Å². The summed E-state index contributed by atoms with van der Waals surface area (Å²) >= 11 is 11.7. The van der Waals surface area contributed by atoms with E-state index in [1.807, 2.05) is 0 Å². The predicted octanol–water partition coefficient (Wildman–Crippen LogP) is 4.11. The summed E-state index contributed by atoms with van der Waals surface area (Å²) in [4.78, 5) is 0.191. The summed E-state index contributed by atoms with van der Waals surface area (Å²) in [6.07, 6.45) is 1.25. The van der Waals surface area contributed by atoms with E-state index in [9.17, 15) is 8.42 Å². The molecule has 0 bridgehead atoms. The molecule has 20 heavy (non-hydrogen) atoms. The molecule has 6 heteroatoms. The first-order valence-corrected chi connectivity index (χ1v) is 7.91. The smallest absolute Gasteiger partial charge is 0.199 e. The fraction of sp³-hybridized carbons (Fsp3) is 0.0714. The molecule has 0 unspecified atom stereocenters. The Bertz CT molecular complexity index is 770. The number of sulfonamides is 1. The third-order valence-electron chi connectivity index (χ3n) is 2.66. The van der Waals surface area contributed by atoms with Gasteiger partial charge in [-0.25, -0.2) is 0 Å². The normalized spacial score (nSPS) is 11.9. The highest BCUT2D eigenvalue weighted by Crippen LogP contribution is 2.22. The van der Waals surface area contributed by atoms with E-state index in [0.29, 0.717) is 21.2 Å². The third-order valence-corrected chi connectivity index (χ3v) is 4.79. The van der Waals surface area contributed by atoms with Crippen molar-refractivity contribution >= 4 is 39.4 Å². The van der Waals surface area contributed by atoms with Gasteiger partial charge in [0, 0.05) is 6.21 Å². The first-order chi connectivity index (χ1) is 9.40. The highest BCUT2D eigenvalue weighted by molar-refractivity contribution is 7.90. The molecule has 0 heterocycles. The lowest BCUT2D eigenvalue weighted by Gasteiger charge is -2.02. The first kappa shape index (κ1) is 15.0. The van der Waals surface area contributed by atoms with E-state index in [1.165, 1.54) is 12.3 Å². The molecule has 2 aromatic rings. The van der Waals surface area contributed by atoms with Crippen molar-refractivity contribution in [3.05, 3.63) is 63.6 Å². The standard InChI is InChI=1S/C14H11Cl2NO2S/c1-10-4-2-3-5-14(10)20(18,19)17-9-11-6-7-12(15)13(16)8-11/h2-9H,1H3. The molecule has 0 fully saturated rings. The maximum atomic E-state index is 12.1. The Hall–Kier alpha value is -1.36. The fourth-order valence-electron chi connectivity index (χ4n) is 1.63. The highest BCUT2D eigenvalue weighted by Gasteiger charge is 2.13. The molecule has 0 aliphatic carbocycles. The first-order valence-electron chi connectivity index (χ1n) is 5.71. The molecular weight excluding hydrogens is 317 g/mol. The van der Waals surface area contributed by atoms with Crippen LogP contribution in [0.2, 0.25) is 10.0 Å². The van der Waals surface area contributed by atoms with Crippen molar-refractivity contribution in [2.45, 2.75) is 11.8 Å². The fourth-order valence-corrected chi connectivity index (χ4v) is 3.03. The Morgan fingerprint density at radius 1 is 1.05 bits per heavy atom. The summed E-state index contributed by atoms with van der Waals surface area (Å²) in [5.41, 5.74) is 1.22. The molecule has 0 saturated heterocycles. The van der Waals surface area contributed by atoms with Crippen LogP contribution in [0.25, 0.3) is 0 Å². The summed E-state index contributed by atoms with van der Waals surface area (Å²) in [5.74, 6) is 0. The number of hydrogen-bond donors (Lipinski definition) is 0. The number of nitrogens with zero attached hydrogens (tertiary/aromatic N) is 1. The Balaban J connectivity index is 2.35.